The van der Waals surface area contributed by atoms with Crippen LogP contribution in [-0.2, 0) is 13.0 Å². The second-order valence-corrected chi connectivity index (χ2v) is 6.12. The second-order valence-electron chi connectivity index (χ2n) is 6.12. The lowest BCUT2D eigenvalue weighted by Gasteiger charge is -2.36. The summed E-state index contributed by atoms with van der Waals surface area (Å²) in [6, 6.07) is 12.0. The number of carbonyl (C=O) groups excluding carboxylic acids is 1. The Kier molecular flexibility index (Phi) is 5.54. The van der Waals surface area contributed by atoms with E-state index in [4.69, 9.17) is 4.42 Å². The number of nitrogens with one attached hydrogen (secondary N) is 1. The molecule has 1 aromatic carbocycles. The van der Waals surface area contributed by atoms with Gasteiger partial charge in [0.25, 0.3) is 0 Å². The Morgan fingerprint density at radius 2 is 2.17 bits per heavy atom. The van der Waals surface area contributed by atoms with Crippen LogP contribution in [0.15, 0.2) is 47.1 Å². The average molecular weight is 328 g/mol. The minimum Gasteiger partial charge on any atom is -0.467 e. The smallest absolute Gasteiger partial charge is 0.318 e. The van der Waals surface area contributed by atoms with Crippen molar-refractivity contribution in [2.45, 2.75) is 38.3 Å². The van der Waals surface area contributed by atoms with Gasteiger partial charge < -0.3 is 19.7 Å². The summed E-state index contributed by atoms with van der Waals surface area (Å²) in [5.41, 5.74) is 2.55. The van der Waals surface area contributed by atoms with Crippen LogP contribution < -0.4 is 5.32 Å². The third-order valence-corrected chi connectivity index (χ3v) is 4.53. The zero-order valence-electron chi connectivity index (χ0n) is 13.8. The molecule has 0 bridgehead atoms. The van der Waals surface area contributed by atoms with E-state index in [0.29, 0.717) is 19.5 Å². The Bertz CT molecular complexity index is 654. The standard InChI is InChI=1S/C19H24N2O3/c22-12-5-11-21(19(23)20-14-16-8-4-13-24-16)18-10-3-7-15-6-1-2-9-17(15)18/h1-2,4,6,8-9,13,18,22H,3,5,7,10-12,14H2,(H,20,23)/t18-/m1/s1. The Hall–Kier alpha value is -2.27. The summed E-state index contributed by atoms with van der Waals surface area (Å²) in [7, 11) is 0. The predicted octanol–water partition coefficient (Wildman–Crippen LogP) is 3.25. The van der Waals surface area contributed by atoms with Gasteiger partial charge in [-0.25, -0.2) is 4.79 Å². The third kappa shape index (κ3) is 3.79. The van der Waals surface area contributed by atoms with Crippen LogP contribution in [0.2, 0.25) is 0 Å². The Labute approximate surface area is 142 Å². The van der Waals surface area contributed by atoms with E-state index in [1.807, 2.05) is 23.1 Å². The fraction of sp³-hybridized carbons (Fsp3) is 0.421. The van der Waals surface area contributed by atoms with Gasteiger partial charge in [0, 0.05) is 13.2 Å². The van der Waals surface area contributed by atoms with Crippen LogP contribution in [0.4, 0.5) is 4.79 Å². The van der Waals surface area contributed by atoms with Crippen LogP contribution >= 0.6 is 0 Å². The molecule has 2 aromatic rings. The summed E-state index contributed by atoms with van der Waals surface area (Å²) in [4.78, 5) is 14.6. The molecule has 1 aliphatic rings. The summed E-state index contributed by atoms with van der Waals surface area (Å²) in [6.07, 6.45) is 5.27. The molecule has 24 heavy (non-hydrogen) atoms. The van der Waals surface area contributed by atoms with Gasteiger partial charge in [-0.15, -0.1) is 0 Å². The molecule has 2 N–H and O–H groups in total. The quantitative estimate of drug-likeness (QED) is 0.855. The third-order valence-electron chi connectivity index (χ3n) is 4.53. The summed E-state index contributed by atoms with van der Waals surface area (Å²) in [5.74, 6) is 0.731. The number of furan rings is 1. The number of hydrogen-bond acceptors (Lipinski definition) is 3. The molecule has 3 rings (SSSR count). The van der Waals surface area contributed by atoms with E-state index in [9.17, 15) is 9.90 Å². The van der Waals surface area contributed by atoms with Crippen LogP contribution in [0.3, 0.4) is 0 Å². The van der Waals surface area contributed by atoms with Gasteiger partial charge in [0.2, 0.25) is 0 Å². The molecule has 1 aliphatic carbocycles. The van der Waals surface area contributed by atoms with Crippen LogP contribution in [0.1, 0.15) is 42.2 Å². The van der Waals surface area contributed by atoms with Crippen molar-refractivity contribution in [3.8, 4) is 0 Å². The highest BCUT2D eigenvalue weighted by atomic mass is 16.3. The van der Waals surface area contributed by atoms with Crippen molar-refractivity contribution >= 4 is 6.03 Å². The Balaban J connectivity index is 1.75. The van der Waals surface area contributed by atoms with Crippen LogP contribution in [-0.4, -0.2) is 29.2 Å². The largest absolute Gasteiger partial charge is 0.467 e. The summed E-state index contributed by atoms with van der Waals surface area (Å²) in [5, 5.41) is 12.1. The lowest BCUT2D eigenvalue weighted by Crippen LogP contribution is -2.43. The molecule has 0 radical (unpaired) electrons. The van der Waals surface area contributed by atoms with Gasteiger partial charge in [-0.3, -0.25) is 0 Å². The molecule has 2 amide bonds. The lowest BCUT2D eigenvalue weighted by atomic mass is 9.87. The van der Waals surface area contributed by atoms with Gasteiger partial charge in [0.1, 0.15) is 5.76 Å². The minimum atomic E-state index is -0.110. The van der Waals surface area contributed by atoms with Gasteiger partial charge in [-0.2, -0.15) is 0 Å². The van der Waals surface area contributed by atoms with Crippen LogP contribution in [0.25, 0.3) is 0 Å². The van der Waals surface area contributed by atoms with Crippen molar-refractivity contribution in [3.05, 3.63) is 59.5 Å². The number of benzene rings is 1. The van der Waals surface area contributed by atoms with Gasteiger partial charge in [-0.1, -0.05) is 24.3 Å². The fourth-order valence-corrected chi connectivity index (χ4v) is 3.37. The van der Waals surface area contributed by atoms with Crippen molar-refractivity contribution in [1.82, 2.24) is 10.2 Å². The maximum absolute atomic E-state index is 12.7. The normalized spacial score (nSPS) is 16.5. The number of aryl methyl sites for hydroxylation is 1. The van der Waals surface area contributed by atoms with Crippen molar-refractivity contribution in [1.29, 1.82) is 0 Å². The minimum absolute atomic E-state index is 0.0677. The van der Waals surface area contributed by atoms with E-state index >= 15 is 0 Å². The zero-order valence-corrected chi connectivity index (χ0v) is 13.8. The highest BCUT2D eigenvalue weighted by Crippen LogP contribution is 2.34. The lowest BCUT2D eigenvalue weighted by molar-refractivity contribution is 0.156. The van der Waals surface area contributed by atoms with Crippen molar-refractivity contribution in [2.75, 3.05) is 13.2 Å². The van der Waals surface area contributed by atoms with E-state index in [1.54, 1.807) is 6.26 Å². The van der Waals surface area contributed by atoms with Crippen molar-refractivity contribution < 1.29 is 14.3 Å². The SMILES string of the molecule is O=C(NCc1ccco1)N(CCCO)[C@@H]1CCCc2ccccc21. The molecular weight excluding hydrogens is 304 g/mol. The van der Waals surface area contributed by atoms with E-state index in [1.165, 1.54) is 11.1 Å². The maximum Gasteiger partial charge on any atom is 0.318 e. The molecule has 0 spiro atoms. The van der Waals surface area contributed by atoms with Crippen molar-refractivity contribution in [2.24, 2.45) is 0 Å². The topological polar surface area (TPSA) is 65.7 Å². The Morgan fingerprint density at radius 3 is 2.96 bits per heavy atom. The molecule has 0 unspecified atom stereocenters. The first kappa shape index (κ1) is 16.6. The number of nitrogens with zero attached hydrogens (tertiary/aromatic N) is 1. The first-order chi connectivity index (χ1) is 11.8. The first-order valence-corrected chi connectivity index (χ1v) is 8.55. The molecule has 1 heterocycles. The second kappa shape index (κ2) is 8.02. The number of carbonyl (C=O) groups is 1. The number of rotatable bonds is 6. The van der Waals surface area contributed by atoms with Gasteiger partial charge in [0.15, 0.2) is 0 Å². The molecule has 5 heteroatoms. The van der Waals surface area contributed by atoms with E-state index in [-0.39, 0.29) is 18.7 Å². The number of aliphatic hydroxyl groups excluding tert-OH is 1. The molecular formula is C19H24N2O3. The van der Waals surface area contributed by atoms with Crippen LogP contribution in [0, 0.1) is 0 Å². The molecule has 1 atom stereocenters. The molecule has 0 fully saturated rings. The molecule has 128 valence electrons. The zero-order chi connectivity index (χ0) is 16.8. The molecule has 0 saturated heterocycles. The van der Waals surface area contributed by atoms with Gasteiger partial charge in [0.05, 0.1) is 18.8 Å². The summed E-state index contributed by atoms with van der Waals surface area (Å²) >= 11 is 0. The average Bonchev–Trinajstić information content (AvgIpc) is 3.14. The number of aliphatic hydroxyl groups is 1. The number of amides is 2. The number of fused-ring (bicyclic) bond motifs is 1. The fourth-order valence-electron chi connectivity index (χ4n) is 3.37. The summed E-state index contributed by atoms with van der Waals surface area (Å²) in [6.45, 7) is 0.992. The number of hydrogen-bond donors (Lipinski definition) is 2. The number of urea groups is 1. The monoisotopic (exact) mass is 328 g/mol. The predicted molar refractivity (Wildman–Crippen MR) is 91.5 cm³/mol. The highest BCUT2D eigenvalue weighted by molar-refractivity contribution is 5.74. The van der Waals surface area contributed by atoms with Gasteiger partial charge in [-0.05, 0) is 48.9 Å². The highest BCUT2D eigenvalue weighted by Gasteiger charge is 2.28. The molecule has 1 aromatic heterocycles. The van der Waals surface area contributed by atoms with E-state index < -0.39 is 0 Å². The van der Waals surface area contributed by atoms with E-state index in [2.05, 4.69) is 23.5 Å². The Morgan fingerprint density at radius 1 is 1.29 bits per heavy atom. The van der Waals surface area contributed by atoms with Crippen LogP contribution in [0.5, 0.6) is 0 Å². The molecule has 5 nitrogen and oxygen atoms in total. The first-order valence-electron chi connectivity index (χ1n) is 8.55. The van der Waals surface area contributed by atoms with E-state index in [0.717, 1.165) is 25.0 Å². The van der Waals surface area contributed by atoms with Crippen molar-refractivity contribution in [3.63, 3.8) is 0 Å². The molecule has 0 aliphatic heterocycles. The molecule has 0 saturated carbocycles. The van der Waals surface area contributed by atoms with Gasteiger partial charge >= 0.3 is 6.03 Å². The maximum atomic E-state index is 12.7. The summed E-state index contributed by atoms with van der Waals surface area (Å²) < 4.78 is 5.27.